The van der Waals surface area contributed by atoms with Gasteiger partial charge >= 0.3 is 0 Å². The van der Waals surface area contributed by atoms with Gasteiger partial charge in [-0.25, -0.2) is 4.39 Å². The Morgan fingerprint density at radius 3 is 2.87 bits per heavy atom. The number of hydrogen-bond donors (Lipinski definition) is 1. The highest BCUT2D eigenvalue weighted by molar-refractivity contribution is 5.95. The van der Waals surface area contributed by atoms with Crippen LogP contribution in [-0.2, 0) is 4.79 Å². The minimum atomic E-state index is -0.461. The van der Waals surface area contributed by atoms with Gasteiger partial charge in [0.15, 0.2) is 0 Å². The summed E-state index contributed by atoms with van der Waals surface area (Å²) in [5.74, 6) is -0.307. The highest BCUT2D eigenvalue weighted by Gasteiger charge is 2.31. The molecule has 0 saturated heterocycles. The van der Waals surface area contributed by atoms with Crippen molar-refractivity contribution < 1.29 is 13.7 Å². The maximum absolute atomic E-state index is 13.6. The fourth-order valence-corrected chi connectivity index (χ4v) is 2.65. The van der Waals surface area contributed by atoms with Crippen molar-refractivity contribution in [3.8, 4) is 11.4 Å². The van der Waals surface area contributed by atoms with E-state index in [1.54, 1.807) is 24.5 Å². The molecule has 0 aliphatic carbocycles. The first-order valence-electron chi connectivity index (χ1n) is 7.04. The number of amides is 1. The van der Waals surface area contributed by atoms with Crippen LogP contribution in [-0.4, -0.2) is 21.0 Å². The summed E-state index contributed by atoms with van der Waals surface area (Å²) in [7, 11) is 0. The fraction of sp³-hybridized carbons (Fsp3) is 0.125. The van der Waals surface area contributed by atoms with Crippen LogP contribution in [0.15, 0.2) is 47.2 Å². The van der Waals surface area contributed by atoms with E-state index in [1.807, 2.05) is 0 Å². The third-order valence-corrected chi connectivity index (χ3v) is 3.73. The van der Waals surface area contributed by atoms with Crippen LogP contribution in [0, 0.1) is 5.82 Å². The zero-order valence-corrected chi connectivity index (χ0v) is 11.9. The van der Waals surface area contributed by atoms with Crippen molar-refractivity contribution in [3.63, 3.8) is 0 Å². The number of carbonyl (C=O) groups excluding carboxylic acids is 1. The molecule has 114 valence electrons. The van der Waals surface area contributed by atoms with Gasteiger partial charge in [-0.15, -0.1) is 0 Å². The molecule has 6 nitrogen and oxygen atoms in total. The van der Waals surface area contributed by atoms with Crippen molar-refractivity contribution in [3.05, 3.63) is 60.0 Å². The van der Waals surface area contributed by atoms with Crippen LogP contribution in [0.4, 0.5) is 10.1 Å². The Morgan fingerprint density at radius 2 is 2.04 bits per heavy atom. The smallest absolute Gasteiger partial charge is 0.235 e. The standard InChI is InChI=1S/C16H11FN4O2/c17-10-1-2-13-11(7-10)12(8-14(22)19-13)16-20-15(21-23-16)9-3-5-18-6-4-9/h1-7,12H,8H2,(H,19,22). The van der Waals surface area contributed by atoms with Crippen LogP contribution < -0.4 is 5.32 Å². The predicted molar refractivity (Wildman–Crippen MR) is 79.0 cm³/mol. The third kappa shape index (κ3) is 2.46. The van der Waals surface area contributed by atoms with Gasteiger partial charge in [-0.05, 0) is 35.9 Å². The summed E-state index contributed by atoms with van der Waals surface area (Å²) in [5.41, 5.74) is 1.96. The largest absolute Gasteiger partial charge is 0.338 e. The number of anilines is 1. The van der Waals surface area contributed by atoms with Gasteiger partial charge in [0.25, 0.3) is 0 Å². The van der Waals surface area contributed by atoms with Crippen molar-refractivity contribution in [2.24, 2.45) is 0 Å². The molecule has 3 heterocycles. The van der Waals surface area contributed by atoms with Crippen molar-refractivity contribution in [2.75, 3.05) is 5.32 Å². The summed E-state index contributed by atoms with van der Waals surface area (Å²) in [6.45, 7) is 0. The minimum absolute atomic E-state index is 0.133. The number of halogens is 1. The highest BCUT2D eigenvalue weighted by atomic mass is 19.1. The van der Waals surface area contributed by atoms with Crippen molar-refractivity contribution >= 4 is 11.6 Å². The highest BCUT2D eigenvalue weighted by Crippen LogP contribution is 2.37. The van der Waals surface area contributed by atoms with E-state index in [1.165, 1.54) is 18.2 Å². The molecule has 0 spiro atoms. The number of nitrogens with one attached hydrogen (secondary N) is 1. The van der Waals surface area contributed by atoms with Crippen LogP contribution in [0.3, 0.4) is 0 Å². The van der Waals surface area contributed by atoms with E-state index in [9.17, 15) is 9.18 Å². The molecule has 0 saturated carbocycles. The Labute approximate surface area is 130 Å². The van der Waals surface area contributed by atoms with Gasteiger partial charge < -0.3 is 9.84 Å². The second kappa shape index (κ2) is 5.28. The van der Waals surface area contributed by atoms with Crippen LogP contribution in [0.1, 0.15) is 23.8 Å². The van der Waals surface area contributed by atoms with E-state index in [0.29, 0.717) is 23.0 Å². The molecular weight excluding hydrogens is 299 g/mol. The minimum Gasteiger partial charge on any atom is -0.338 e. The van der Waals surface area contributed by atoms with Crippen molar-refractivity contribution in [1.82, 2.24) is 15.1 Å². The van der Waals surface area contributed by atoms with Crippen molar-refractivity contribution in [2.45, 2.75) is 12.3 Å². The molecular formula is C16H11FN4O2. The maximum atomic E-state index is 13.6. The number of nitrogens with zero attached hydrogens (tertiary/aromatic N) is 3. The normalized spacial score (nSPS) is 16.7. The third-order valence-electron chi connectivity index (χ3n) is 3.73. The summed E-state index contributed by atoms with van der Waals surface area (Å²) in [6, 6.07) is 7.74. The molecule has 23 heavy (non-hydrogen) atoms. The number of hydrogen-bond acceptors (Lipinski definition) is 5. The number of carbonyl (C=O) groups is 1. The summed E-state index contributed by atoms with van der Waals surface area (Å²) >= 11 is 0. The number of rotatable bonds is 2. The Kier molecular flexibility index (Phi) is 3.11. The Hall–Kier alpha value is -3.09. The molecule has 1 aliphatic rings. The molecule has 1 N–H and O–H groups in total. The lowest BCUT2D eigenvalue weighted by Crippen LogP contribution is -2.23. The second-order valence-corrected chi connectivity index (χ2v) is 5.23. The Balaban J connectivity index is 1.76. The summed E-state index contributed by atoms with van der Waals surface area (Å²) in [4.78, 5) is 20.2. The number of pyridine rings is 1. The molecule has 3 aromatic rings. The lowest BCUT2D eigenvalue weighted by atomic mass is 9.90. The molecule has 1 unspecified atom stereocenters. The van der Waals surface area contributed by atoms with Gasteiger partial charge in [0, 0.05) is 30.1 Å². The first kappa shape index (κ1) is 13.6. The number of aromatic nitrogens is 3. The molecule has 0 radical (unpaired) electrons. The monoisotopic (exact) mass is 310 g/mol. The van der Waals surface area contributed by atoms with Gasteiger partial charge in [-0.1, -0.05) is 5.16 Å². The van der Waals surface area contributed by atoms with Gasteiger partial charge in [0.2, 0.25) is 17.6 Å². The SMILES string of the molecule is O=C1CC(c2nc(-c3ccncc3)no2)c2cc(F)ccc2N1. The molecule has 0 bridgehead atoms. The summed E-state index contributed by atoms with van der Waals surface area (Å²) < 4.78 is 18.9. The summed E-state index contributed by atoms with van der Waals surface area (Å²) in [5, 5.41) is 6.66. The van der Waals surface area contributed by atoms with Crippen molar-refractivity contribution in [1.29, 1.82) is 0 Å². The Bertz CT molecular complexity index is 879. The van der Waals surface area contributed by atoms with E-state index in [-0.39, 0.29) is 18.1 Å². The molecule has 4 rings (SSSR count). The van der Waals surface area contributed by atoms with Gasteiger partial charge in [-0.2, -0.15) is 4.98 Å². The first-order chi connectivity index (χ1) is 11.2. The van der Waals surface area contributed by atoms with E-state index >= 15 is 0 Å². The maximum Gasteiger partial charge on any atom is 0.235 e. The second-order valence-electron chi connectivity index (χ2n) is 5.23. The molecule has 7 heteroatoms. The number of benzene rings is 1. The predicted octanol–water partition coefficient (Wildman–Crippen LogP) is 2.74. The lowest BCUT2D eigenvalue weighted by molar-refractivity contribution is -0.116. The average molecular weight is 310 g/mol. The average Bonchev–Trinajstić information content (AvgIpc) is 3.05. The quantitative estimate of drug-likeness (QED) is 0.787. The van der Waals surface area contributed by atoms with Gasteiger partial charge in [0.05, 0.1) is 5.92 Å². The zero-order valence-electron chi connectivity index (χ0n) is 11.9. The van der Waals surface area contributed by atoms with E-state index < -0.39 is 5.92 Å². The van der Waals surface area contributed by atoms with Crippen LogP contribution in [0.25, 0.3) is 11.4 Å². The van der Waals surface area contributed by atoms with Crippen LogP contribution >= 0.6 is 0 Å². The molecule has 1 aromatic carbocycles. The molecule has 2 aromatic heterocycles. The van der Waals surface area contributed by atoms with E-state index in [4.69, 9.17) is 4.52 Å². The Morgan fingerprint density at radius 1 is 1.22 bits per heavy atom. The van der Waals surface area contributed by atoms with Crippen LogP contribution in [0.5, 0.6) is 0 Å². The fourth-order valence-electron chi connectivity index (χ4n) is 2.65. The van der Waals surface area contributed by atoms with Gasteiger partial charge in [0.1, 0.15) is 5.82 Å². The molecule has 1 amide bonds. The first-order valence-corrected chi connectivity index (χ1v) is 7.04. The van der Waals surface area contributed by atoms with Gasteiger partial charge in [-0.3, -0.25) is 9.78 Å². The molecule has 0 fully saturated rings. The topological polar surface area (TPSA) is 80.9 Å². The van der Waals surface area contributed by atoms with E-state index in [0.717, 1.165) is 5.56 Å². The number of fused-ring (bicyclic) bond motifs is 1. The molecule has 1 atom stereocenters. The molecule has 1 aliphatic heterocycles. The van der Waals surface area contributed by atoms with Crippen LogP contribution in [0.2, 0.25) is 0 Å². The van der Waals surface area contributed by atoms with E-state index in [2.05, 4.69) is 20.4 Å². The summed E-state index contributed by atoms with van der Waals surface area (Å²) in [6.07, 6.45) is 3.39. The lowest BCUT2D eigenvalue weighted by Gasteiger charge is -2.22. The zero-order chi connectivity index (χ0) is 15.8.